The van der Waals surface area contributed by atoms with Crippen molar-refractivity contribution in [2.24, 2.45) is 5.41 Å². The molecule has 0 spiro atoms. The number of unbranched alkanes of at least 4 members (excludes halogenated alkanes) is 2. The van der Waals surface area contributed by atoms with Crippen LogP contribution in [0.1, 0.15) is 52.9 Å². The van der Waals surface area contributed by atoms with Crippen molar-refractivity contribution < 1.29 is 9.84 Å². The monoisotopic (exact) mass is 245 g/mol. The van der Waals surface area contributed by atoms with E-state index >= 15 is 0 Å². The van der Waals surface area contributed by atoms with E-state index in [0.29, 0.717) is 12.0 Å². The van der Waals surface area contributed by atoms with Crippen LogP contribution < -0.4 is 5.32 Å². The first-order valence-corrected chi connectivity index (χ1v) is 6.83. The highest BCUT2D eigenvalue weighted by Gasteiger charge is 2.08. The van der Waals surface area contributed by atoms with Crippen LogP contribution in [0.25, 0.3) is 0 Å². The lowest BCUT2D eigenvalue weighted by Crippen LogP contribution is -2.27. The summed E-state index contributed by atoms with van der Waals surface area (Å²) in [5, 5.41) is 13.1. The van der Waals surface area contributed by atoms with Crippen LogP contribution in [-0.4, -0.2) is 38.0 Å². The van der Waals surface area contributed by atoms with Gasteiger partial charge in [0.15, 0.2) is 0 Å². The Kier molecular flexibility index (Phi) is 9.79. The Morgan fingerprint density at radius 2 is 1.82 bits per heavy atom. The number of rotatable bonds is 10. The van der Waals surface area contributed by atoms with Gasteiger partial charge in [0.05, 0.1) is 6.10 Å². The summed E-state index contributed by atoms with van der Waals surface area (Å²) in [5.41, 5.74) is 0.371. The maximum absolute atomic E-state index is 9.59. The molecular formula is C14H31NO2. The van der Waals surface area contributed by atoms with Crippen molar-refractivity contribution in [2.45, 2.75) is 59.0 Å². The normalized spacial score (nSPS) is 13.9. The topological polar surface area (TPSA) is 41.5 Å². The molecule has 0 aromatic rings. The molecule has 0 amide bonds. The van der Waals surface area contributed by atoms with E-state index in [9.17, 15) is 5.11 Å². The molecule has 0 aromatic heterocycles. The quantitative estimate of drug-likeness (QED) is 0.581. The van der Waals surface area contributed by atoms with Gasteiger partial charge < -0.3 is 15.2 Å². The van der Waals surface area contributed by atoms with E-state index in [-0.39, 0.29) is 6.10 Å². The van der Waals surface area contributed by atoms with Crippen LogP contribution in [-0.2, 0) is 4.74 Å². The Bertz CT molecular complexity index is 166. The van der Waals surface area contributed by atoms with Gasteiger partial charge in [-0.05, 0) is 37.8 Å². The molecule has 0 unspecified atom stereocenters. The number of nitrogens with one attached hydrogen (secondary N) is 1. The van der Waals surface area contributed by atoms with Gasteiger partial charge in [0, 0.05) is 13.7 Å². The molecule has 0 rings (SSSR count). The van der Waals surface area contributed by atoms with E-state index in [1.807, 2.05) is 0 Å². The molecule has 0 aliphatic rings. The molecule has 0 bridgehead atoms. The lowest BCUT2D eigenvalue weighted by molar-refractivity contribution is 0.102. The van der Waals surface area contributed by atoms with Crippen LogP contribution >= 0.6 is 0 Å². The maximum Gasteiger partial charge on any atom is 0.0562 e. The Morgan fingerprint density at radius 1 is 1.12 bits per heavy atom. The summed E-state index contributed by atoms with van der Waals surface area (Å²) in [6.45, 7) is 9.55. The smallest absolute Gasteiger partial charge is 0.0562 e. The summed E-state index contributed by atoms with van der Waals surface area (Å²) in [5.74, 6) is 0. The fourth-order valence-corrected chi connectivity index (χ4v) is 1.67. The van der Waals surface area contributed by atoms with E-state index in [0.717, 1.165) is 32.4 Å². The molecule has 0 heterocycles. The van der Waals surface area contributed by atoms with Gasteiger partial charge in [-0.25, -0.2) is 0 Å². The van der Waals surface area contributed by atoms with Gasteiger partial charge in [0.1, 0.15) is 0 Å². The zero-order valence-electron chi connectivity index (χ0n) is 12.1. The highest BCUT2D eigenvalue weighted by Crippen LogP contribution is 2.10. The Morgan fingerprint density at radius 3 is 2.41 bits per heavy atom. The van der Waals surface area contributed by atoms with Gasteiger partial charge in [0.2, 0.25) is 0 Å². The van der Waals surface area contributed by atoms with E-state index in [1.165, 1.54) is 12.8 Å². The third-order valence-corrected chi connectivity index (χ3v) is 2.70. The zero-order valence-corrected chi connectivity index (χ0v) is 12.1. The second kappa shape index (κ2) is 9.86. The molecule has 3 nitrogen and oxygen atoms in total. The van der Waals surface area contributed by atoms with Gasteiger partial charge in [-0.15, -0.1) is 0 Å². The average Bonchev–Trinajstić information content (AvgIpc) is 2.23. The summed E-state index contributed by atoms with van der Waals surface area (Å²) in [7, 11) is 1.67. The van der Waals surface area contributed by atoms with E-state index < -0.39 is 0 Å². The number of methoxy groups -OCH3 is 1. The van der Waals surface area contributed by atoms with Crippen molar-refractivity contribution in [1.29, 1.82) is 0 Å². The molecule has 104 valence electrons. The predicted octanol–water partition coefficient (Wildman–Crippen LogP) is 2.58. The Balaban J connectivity index is 3.18. The lowest BCUT2D eigenvalue weighted by atomic mass is 9.97. The molecule has 1 atom stereocenters. The van der Waals surface area contributed by atoms with Crippen LogP contribution in [0.2, 0.25) is 0 Å². The van der Waals surface area contributed by atoms with Gasteiger partial charge in [-0.3, -0.25) is 0 Å². The molecule has 0 radical (unpaired) electrons. The van der Waals surface area contributed by atoms with Crippen LogP contribution in [0.3, 0.4) is 0 Å². The molecule has 17 heavy (non-hydrogen) atoms. The van der Waals surface area contributed by atoms with Gasteiger partial charge in [-0.2, -0.15) is 0 Å². The molecule has 2 N–H and O–H groups in total. The van der Waals surface area contributed by atoms with Crippen molar-refractivity contribution in [3.63, 3.8) is 0 Å². The zero-order chi connectivity index (χ0) is 13.1. The number of ether oxygens (including phenoxy) is 1. The lowest BCUT2D eigenvalue weighted by Gasteiger charge is -2.18. The first kappa shape index (κ1) is 16.9. The second-order valence-electron chi connectivity index (χ2n) is 6.02. The Hall–Kier alpha value is -0.120. The number of hydrogen-bond acceptors (Lipinski definition) is 3. The summed E-state index contributed by atoms with van der Waals surface area (Å²) >= 11 is 0. The number of aliphatic hydroxyl groups excluding tert-OH is 1. The minimum absolute atomic E-state index is 0.183. The molecule has 0 aliphatic heterocycles. The van der Waals surface area contributed by atoms with Crippen LogP contribution in [0.5, 0.6) is 0 Å². The van der Waals surface area contributed by atoms with Crippen LogP contribution in [0.15, 0.2) is 0 Å². The van der Waals surface area contributed by atoms with Crippen molar-refractivity contribution in [3.05, 3.63) is 0 Å². The van der Waals surface area contributed by atoms with Gasteiger partial charge >= 0.3 is 0 Å². The first-order valence-electron chi connectivity index (χ1n) is 6.83. The molecule has 0 fully saturated rings. The van der Waals surface area contributed by atoms with E-state index in [2.05, 4.69) is 26.1 Å². The number of hydrogen-bond donors (Lipinski definition) is 2. The molecule has 0 saturated carbocycles. The second-order valence-corrected chi connectivity index (χ2v) is 6.02. The minimum Gasteiger partial charge on any atom is -0.393 e. The molecular weight excluding hydrogens is 214 g/mol. The number of aliphatic hydroxyl groups is 1. The SMILES string of the molecule is COCC[C@H](O)CCCCCNCC(C)(C)C. The fraction of sp³-hybridized carbons (Fsp3) is 1.00. The third-order valence-electron chi connectivity index (χ3n) is 2.70. The summed E-state index contributed by atoms with van der Waals surface area (Å²) in [4.78, 5) is 0. The Labute approximate surface area is 107 Å². The standard InChI is InChI=1S/C14H31NO2/c1-14(2,3)12-15-10-7-5-6-8-13(16)9-11-17-4/h13,15-16H,5-12H2,1-4H3/t13-/m1/s1. The van der Waals surface area contributed by atoms with Crippen molar-refractivity contribution in [2.75, 3.05) is 26.8 Å². The van der Waals surface area contributed by atoms with Crippen LogP contribution in [0.4, 0.5) is 0 Å². The molecule has 0 aliphatic carbocycles. The summed E-state index contributed by atoms with van der Waals surface area (Å²) in [6, 6.07) is 0. The molecule has 0 aromatic carbocycles. The third kappa shape index (κ3) is 13.8. The van der Waals surface area contributed by atoms with Gasteiger partial charge in [0.25, 0.3) is 0 Å². The van der Waals surface area contributed by atoms with E-state index in [1.54, 1.807) is 7.11 Å². The van der Waals surface area contributed by atoms with Crippen molar-refractivity contribution in [3.8, 4) is 0 Å². The first-order chi connectivity index (χ1) is 7.95. The van der Waals surface area contributed by atoms with E-state index in [4.69, 9.17) is 4.74 Å². The molecule has 3 heteroatoms. The molecule has 0 saturated heterocycles. The van der Waals surface area contributed by atoms with Gasteiger partial charge in [-0.1, -0.05) is 33.6 Å². The largest absolute Gasteiger partial charge is 0.393 e. The average molecular weight is 245 g/mol. The predicted molar refractivity (Wildman–Crippen MR) is 73.3 cm³/mol. The highest BCUT2D eigenvalue weighted by molar-refractivity contribution is 4.64. The van der Waals surface area contributed by atoms with Crippen molar-refractivity contribution >= 4 is 0 Å². The minimum atomic E-state index is -0.183. The fourth-order valence-electron chi connectivity index (χ4n) is 1.67. The van der Waals surface area contributed by atoms with Crippen LogP contribution in [0, 0.1) is 5.41 Å². The maximum atomic E-state index is 9.59. The highest BCUT2D eigenvalue weighted by atomic mass is 16.5. The van der Waals surface area contributed by atoms with Crippen molar-refractivity contribution in [1.82, 2.24) is 5.32 Å². The summed E-state index contributed by atoms with van der Waals surface area (Å²) in [6.07, 6.45) is 5.00. The summed E-state index contributed by atoms with van der Waals surface area (Å²) < 4.78 is 4.93.